The van der Waals surface area contributed by atoms with Crippen molar-refractivity contribution in [1.82, 2.24) is 10.6 Å². The highest BCUT2D eigenvalue weighted by Gasteiger charge is 2.42. The second-order valence-electron chi connectivity index (χ2n) is 6.77. The number of hydrogen-bond acceptors (Lipinski definition) is 3. The lowest BCUT2D eigenvalue weighted by atomic mass is 9.74. The van der Waals surface area contributed by atoms with E-state index in [1.54, 1.807) is 0 Å². The summed E-state index contributed by atoms with van der Waals surface area (Å²) in [6.45, 7) is 2.33. The molecule has 0 aliphatic heterocycles. The molecule has 2 aliphatic rings. The zero-order chi connectivity index (χ0) is 16.2. The highest BCUT2D eigenvalue weighted by molar-refractivity contribution is 5.81. The molecule has 0 radical (unpaired) electrons. The van der Waals surface area contributed by atoms with Crippen LogP contribution in [0, 0.1) is 11.8 Å². The van der Waals surface area contributed by atoms with Gasteiger partial charge in [-0.25, -0.2) is 0 Å². The molecule has 0 saturated heterocycles. The van der Waals surface area contributed by atoms with Gasteiger partial charge < -0.3 is 15.7 Å². The van der Waals surface area contributed by atoms with Gasteiger partial charge in [-0.3, -0.25) is 14.4 Å². The lowest BCUT2D eigenvalue weighted by Gasteiger charge is -2.39. The van der Waals surface area contributed by atoms with Crippen molar-refractivity contribution in [3.63, 3.8) is 0 Å². The third kappa shape index (κ3) is 4.45. The summed E-state index contributed by atoms with van der Waals surface area (Å²) < 4.78 is 0. The largest absolute Gasteiger partial charge is 0.481 e. The van der Waals surface area contributed by atoms with Crippen molar-refractivity contribution in [2.45, 2.75) is 63.8 Å². The highest BCUT2D eigenvalue weighted by Crippen LogP contribution is 2.34. The van der Waals surface area contributed by atoms with Crippen LogP contribution in [0.5, 0.6) is 0 Å². The third-order valence-electron chi connectivity index (χ3n) is 4.76. The minimum Gasteiger partial charge on any atom is -0.481 e. The summed E-state index contributed by atoms with van der Waals surface area (Å²) in [5, 5.41) is 15.1. The highest BCUT2D eigenvalue weighted by atomic mass is 16.4. The quantitative estimate of drug-likeness (QED) is 0.620. The molecule has 6 heteroatoms. The fraction of sp³-hybridized carbons (Fsp3) is 0.812. The fourth-order valence-electron chi connectivity index (χ4n) is 3.21. The van der Waals surface area contributed by atoms with E-state index in [-0.39, 0.29) is 17.7 Å². The Morgan fingerprint density at radius 1 is 1.18 bits per heavy atom. The minimum atomic E-state index is -0.834. The molecule has 124 valence electrons. The Balaban J connectivity index is 1.72. The van der Waals surface area contributed by atoms with Crippen LogP contribution in [-0.4, -0.2) is 35.0 Å². The molecular weight excluding hydrogens is 284 g/mol. The van der Waals surface area contributed by atoms with Gasteiger partial charge in [0.25, 0.3) is 0 Å². The van der Waals surface area contributed by atoms with Gasteiger partial charge in [0.05, 0.1) is 11.5 Å². The van der Waals surface area contributed by atoms with Gasteiger partial charge in [0.1, 0.15) is 0 Å². The van der Waals surface area contributed by atoms with E-state index >= 15 is 0 Å². The van der Waals surface area contributed by atoms with Crippen molar-refractivity contribution in [1.29, 1.82) is 0 Å². The molecule has 22 heavy (non-hydrogen) atoms. The van der Waals surface area contributed by atoms with Gasteiger partial charge in [0.15, 0.2) is 0 Å². The van der Waals surface area contributed by atoms with Gasteiger partial charge in [0.2, 0.25) is 11.8 Å². The van der Waals surface area contributed by atoms with Crippen molar-refractivity contribution in [3.8, 4) is 0 Å². The van der Waals surface area contributed by atoms with E-state index in [9.17, 15) is 19.5 Å². The maximum atomic E-state index is 12.1. The van der Waals surface area contributed by atoms with E-state index in [0.717, 1.165) is 25.7 Å². The number of carboxylic acids is 1. The van der Waals surface area contributed by atoms with E-state index in [1.165, 1.54) is 0 Å². The monoisotopic (exact) mass is 310 g/mol. The van der Waals surface area contributed by atoms with E-state index < -0.39 is 17.4 Å². The number of aliphatic carboxylic acids is 1. The summed E-state index contributed by atoms with van der Waals surface area (Å²) in [6.07, 6.45) is 6.00. The zero-order valence-electron chi connectivity index (χ0n) is 13.2. The maximum absolute atomic E-state index is 12.1. The van der Waals surface area contributed by atoms with Crippen LogP contribution < -0.4 is 10.6 Å². The Kier molecular flexibility index (Phi) is 5.42. The molecule has 2 unspecified atom stereocenters. The van der Waals surface area contributed by atoms with Crippen LogP contribution in [-0.2, 0) is 14.4 Å². The molecule has 0 spiro atoms. The van der Waals surface area contributed by atoms with Crippen LogP contribution in [0.25, 0.3) is 0 Å². The van der Waals surface area contributed by atoms with Crippen LogP contribution in [0.4, 0.5) is 0 Å². The van der Waals surface area contributed by atoms with E-state index in [0.29, 0.717) is 32.2 Å². The Morgan fingerprint density at radius 2 is 1.91 bits per heavy atom. The maximum Gasteiger partial charge on any atom is 0.308 e. The first-order valence-corrected chi connectivity index (χ1v) is 8.24. The molecule has 0 aromatic carbocycles. The average Bonchev–Trinajstić information content (AvgIpc) is 3.27. The number of rotatable bonds is 7. The molecule has 2 aliphatic carbocycles. The summed E-state index contributed by atoms with van der Waals surface area (Å²) in [5.74, 6) is -1.20. The summed E-state index contributed by atoms with van der Waals surface area (Å²) in [4.78, 5) is 34.9. The summed E-state index contributed by atoms with van der Waals surface area (Å²) in [6, 6.07) is 0. The second kappa shape index (κ2) is 7.11. The van der Waals surface area contributed by atoms with Gasteiger partial charge in [-0.05, 0) is 39.0 Å². The Labute approximate surface area is 131 Å². The molecule has 2 fully saturated rings. The number of carbonyl (C=O) groups excluding carboxylic acids is 2. The molecule has 3 N–H and O–H groups in total. The number of nitrogens with one attached hydrogen (secondary N) is 2. The van der Waals surface area contributed by atoms with Gasteiger partial charge in [0, 0.05) is 18.9 Å². The first-order valence-electron chi connectivity index (χ1n) is 8.24. The Bertz CT molecular complexity index is 447. The number of carbonyl (C=O) groups is 3. The van der Waals surface area contributed by atoms with Crippen molar-refractivity contribution < 1.29 is 19.5 Å². The lowest BCUT2D eigenvalue weighted by molar-refractivity contribution is -0.146. The topological polar surface area (TPSA) is 95.5 Å². The zero-order valence-corrected chi connectivity index (χ0v) is 13.2. The van der Waals surface area contributed by atoms with Gasteiger partial charge >= 0.3 is 5.97 Å². The summed E-state index contributed by atoms with van der Waals surface area (Å²) >= 11 is 0. The first kappa shape index (κ1) is 16.8. The van der Waals surface area contributed by atoms with Gasteiger partial charge in [-0.2, -0.15) is 0 Å². The smallest absolute Gasteiger partial charge is 0.308 e. The molecule has 2 rings (SSSR count). The Morgan fingerprint density at radius 3 is 2.55 bits per heavy atom. The van der Waals surface area contributed by atoms with Crippen molar-refractivity contribution in [2.75, 3.05) is 6.54 Å². The number of amides is 2. The molecule has 2 saturated carbocycles. The van der Waals surface area contributed by atoms with Crippen LogP contribution in [0.2, 0.25) is 0 Å². The first-order chi connectivity index (χ1) is 10.4. The standard InChI is InChI=1S/C16H26N2O4/c1-16(9-3-2-5-12(16)15(21)22)18-13(19)6-4-10-17-14(20)11-7-8-11/h11-12H,2-10H2,1H3,(H,17,20)(H,18,19)(H,21,22). The molecule has 2 amide bonds. The Hall–Kier alpha value is -1.59. The summed E-state index contributed by atoms with van der Waals surface area (Å²) in [5.41, 5.74) is -0.654. The fourth-order valence-corrected chi connectivity index (χ4v) is 3.21. The van der Waals surface area contributed by atoms with E-state index in [4.69, 9.17) is 0 Å². The molecule has 0 aromatic rings. The third-order valence-corrected chi connectivity index (χ3v) is 4.76. The molecule has 0 bridgehead atoms. The number of carboxylic acid groups (broad SMARTS) is 1. The van der Waals surface area contributed by atoms with Gasteiger partial charge in [-0.15, -0.1) is 0 Å². The van der Waals surface area contributed by atoms with E-state index in [2.05, 4.69) is 10.6 Å². The number of hydrogen-bond donors (Lipinski definition) is 3. The molecule has 6 nitrogen and oxygen atoms in total. The summed E-state index contributed by atoms with van der Waals surface area (Å²) in [7, 11) is 0. The molecular formula is C16H26N2O4. The van der Waals surface area contributed by atoms with Crippen molar-refractivity contribution >= 4 is 17.8 Å². The molecule has 0 aromatic heterocycles. The molecule has 0 heterocycles. The van der Waals surface area contributed by atoms with Crippen molar-refractivity contribution in [2.24, 2.45) is 11.8 Å². The predicted molar refractivity (Wildman–Crippen MR) is 81.1 cm³/mol. The average molecular weight is 310 g/mol. The van der Waals surface area contributed by atoms with Crippen LogP contribution in [0.3, 0.4) is 0 Å². The van der Waals surface area contributed by atoms with Gasteiger partial charge in [-0.1, -0.05) is 12.8 Å². The second-order valence-corrected chi connectivity index (χ2v) is 6.77. The SMILES string of the molecule is CC1(NC(=O)CCCNC(=O)C2CC2)CCCCC1C(=O)O. The minimum absolute atomic E-state index is 0.0885. The predicted octanol–water partition coefficient (Wildman–Crippen LogP) is 1.44. The van der Waals surface area contributed by atoms with Crippen molar-refractivity contribution in [3.05, 3.63) is 0 Å². The van der Waals surface area contributed by atoms with Crippen LogP contribution >= 0.6 is 0 Å². The normalized spacial score (nSPS) is 28.0. The lowest BCUT2D eigenvalue weighted by Crippen LogP contribution is -2.55. The van der Waals surface area contributed by atoms with E-state index in [1.807, 2.05) is 6.92 Å². The molecule has 2 atom stereocenters. The van der Waals surface area contributed by atoms with Crippen LogP contribution in [0.15, 0.2) is 0 Å². The van der Waals surface area contributed by atoms with Crippen LogP contribution in [0.1, 0.15) is 58.3 Å².